The average Bonchev–Trinajstić information content (AvgIpc) is 2.31. The summed E-state index contributed by atoms with van der Waals surface area (Å²) in [5.74, 6) is 1.71. The molecule has 3 heteroatoms. The monoisotopic (exact) mass is 267 g/mol. The van der Waals surface area contributed by atoms with Crippen LogP contribution < -0.4 is 5.32 Å². The van der Waals surface area contributed by atoms with Crippen molar-refractivity contribution in [3.05, 3.63) is 35.6 Å². The largest absolute Gasteiger partial charge is 0.314 e. The molecule has 2 rings (SSSR count). The van der Waals surface area contributed by atoms with Gasteiger partial charge in [-0.2, -0.15) is 11.8 Å². The van der Waals surface area contributed by atoms with Crippen LogP contribution in [0.3, 0.4) is 0 Å². The lowest BCUT2D eigenvalue weighted by atomic mass is 9.76. The lowest BCUT2D eigenvalue weighted by Gasteiger charge is -2.36. The van der Waals surface area contributed by atoms with Crippen molar-refractivity contribution < 1.29 is 4.39 Å². The second-order valence-corrected chi connectivity index (χ2v) is 6.06. The van der Waals surface area contributed by atoms with Crippen LogP contribution in [0.1, 0.15) is 37.2 Å². The van der Waals surface area contributed by atoms with Gasteiger partial charge in [0.15, 0.2) is 0 Å². The Morgan fingerprint density at radius 2 is 2.17 bits per heavy atom. The zero-order chi connectivity index (χ0) is 12.8. The maximum Gasteiger partial charge on any atom is 0.123 e. The first-order chi connectivity index (χ1) is 8.79. The van der Waals surface area contributed by atoms with Crippen molar-refractivity contribution >= 4 is 11.8 Å². The van der Waals surface area contributed by atoms with Crippen LogP contribution in [0, 0.1) is 5.82 Å². The molecule has 0 aromatic heterocycles. The van der Waals surface area contributed by atoms with E-state index >= 15 is 0 Å². The van der Waals surface area contributed by atoms with Crippen molar-refractivity contribution in [1.82, 2.24) is 5.32 Å². The van der Waals surface area contributed by atoms with Crippen molar-refractivity contribution in [2.45, 2.75) is 37.6 Å². The molecule has 1 saturated carbocycles. The second kappa shape index (κ2) is 7.15. The van der Waals surface area contributed by atoms with Crippen molar-refractivity contribution in [2.75, 3.05) is 18.6 Å². The van der Waals surface area contributed by atoms with E-state index in [1.807, 2.05) is 23.9 Å². The Morgan fingerprint density at radius 1 is 1.33 bits per heavy atom. The molecule has 0 atom stereocenters. The van der Waals surface area contributed by atoms with E-state index in [9.17, 15) is 4.39 Å². The molecule has 0 heterocycles. The highest BCUT2D eigenvalue weighted by atomic mass is 32.2. The lowest BCUT2D eigenvalue weighted by molar-refractivity contribution is 0.290. The smallest absolute Gasteiger partial charge is 0.123 e. The molecule has 1 aliphatic carbocycles. The summed E-state index contributed by atoms with van der Waals surface area (Å²) in [5, 5.41) is 3.59. The van der Waals surface area contributed by atoms with E-state index in [1.165, 1.54) is 24.7 Å². The molecule has 0 saturated heterocycles. The molecule has 1 N–H and O–H groups in total. The predicted molar refractivity (Wildman–Crippen MR) is 77.8 cm³/mol. The molecule has 18 heavy (non-hydrogen) atoms. The molecule has 1 aromatic rings. The third-order valence-corrected chi connectivity index (χ3v) is 4.36. The first kappa shape index (κ1) is 13.9. The number of benzene rings is 1. The summed E-state index contributed by atoms with van der Waals surface area (Å²) in [6, 6.07) is 7.70. The van der Waals surface area contributed by atoms with Crippen LogP contribution in [0.15, 0.2) is 24.3 Å². The summed E-state index contributed by atoms with van der Waals surface area (Å²) in [4.78, 5) is 0. The molecule has 0 bridgehead atoms. The molecular formula is C15H22FNS. The van der Waals surface area contributed by atoms with Crippen molar-refractivity contribution in [3.63, 3.8) is 0 Å². The quantitative estimate of drug-likeness (QED) is 0.754. The molecule has 100 valence electrons. The van der Waals surface area contributed by atoms with Crippen molar-refractivity contribution in [3.8, 4) is 0 Å². The molecule has 1 aliphatic rings. The Bertz CT molecular complexity index is 363. The lowest BCUT2D eigenvalue weighted by Crippen LogP contribution is -2.40. The van der Waals surface area contributed by atoms with Crippen LogP contribution in [0.4, 0.5) is 4.39 Å². The minimum atomic E-state index is -0.110. The topological polar surface area (TPSA) is 12.0 Å². The first-order valence-corrected chi connectivity index (χ1v) is 8.17. The molecule has 1 fully saturated rings. The molecular weight excluding hydrogens is 245 g/mol. The normalized spacial score (nSPS) is 22.8. The number of unbranched alkanes of at least 4 members (excludes halogenated alkanes) is 1. The zero-order valence-electron chi connectivity index (χ0n) is 11.0. The summed E-state index contributed by atoms with van der Waals surface area (Å²) in [6.45, 7) is 1.13. The number of halogens is 1. The van der Waals surface area contributed by atoms with E-state index in [0.29, 0.717) is 12.0 Å². The molecule has 0 aliphatic heterocycles. The van der Waals surface area contributed by atoms with Gasteiger partial charge in [-0.3, -0.25) is 0 Å². The van der Waals surface area contributed by atoms with Crippen LogP contribution >= 0.6 is 11.8 Å². The maximum absolute atomic E-state index is 13.1. The Hall–Kier alpha value is -0.540. The zero-order valence-corrected chi connectivity index (χ0v) is 11.8. The number of nitrogens with one attached hydrogen (secondary N) is 1. The highest BCUT2D eigenvalue weighted by Gasteiger charge is 2.29. The fraction of sp³-hybridized carbons (Fsp3) is 0.600. The third-order valence-electron chi connectivity index (χ3n) is 3.67. The molecule has 0 radical (unpaired) electrons. The molecule has 0 unspecified atom stereocenters. The van der Waals surface area contributed by atoms with Gasteiger partial charge in [0, 0.05) is 6.04 Å². The van der Waals surface area contributed by atoms with Crippen LogP contribution in [0.2, 0.25) is 0 Å². The average molecular weight is 267 g/mol. The number of hydrogen-bond donors (Lipinski definition) is 1. The van der Waals surface area contributed by atoms with Gasteiger partial charge in [-0.15, -0.1) is 0 Å². The van der Waals surface area contributed by atoms with E-state index in [0.717, 1.165) is 24.9 Å². The summed E-state index contributed by atoms with van der Waals surface area (Å²) >= 11 is 1.92. The first-order valence-electron chi connectivity index (χ1n) is 6.77. The standard InChI is InChI=1S/C15H22FNS/c1-18-8-3-2-7-17-15-10-13(11-15)12-5-4-6-14(16)9-12/h4-6,9,13,15,17H,2-3,7-8,10-11H2,1H3. The van der Waals surface area contributed by atoms with Crippen molar-refractivity contribution in [1.29, 1.82) is 0 Å². The summed E-state index contributed by atoms with van der Waals surface area (Å²) < 4.78 is 13.1. The fourth-order valence-corrected chi connectivity index (χ4v) is 2.99. The third kappa shape index (κ3) is 3.99. The highest BCUT2D eigenvalue weighted by Crippen LogP contribution is 2.36. The van der Waals surface area contributed by atoms with E-state index in [-0.39, 0.29) is 5.82 Å². The van der Waals surface area contributed by atoms with Gasteiger partial charge in [0.25, 0.3) is 0 Å². The minimum Gasteiger partial charge on any atom is -0.314 e. The van der Waals surface area contributed by atoms with Crippen LogP contribution in [0.25, 0.3) is 0 Å². The van der Waals surface area contributed by atoms with Gasteiger partial charge in [0.1, 0.15) is 5.82 Å². The summed E-state index contributed by atoms with van der Waals surface area (Å²) in [6.07, 6.45) is 7.04. The summed E-state index contributed by atoms with van der Waals surface area (Å²) in [7, 11) is 0. The second-order valence-electron chi connectivity index (χ2n) is 5.07. The summed E-state index contributed by atoms with van der Waals surface area (Å²) in [5.41, 5.74) is 1.16. The van der Waals surface area contributed by atoms with Crippen molar-refractivity contribution in [2.24, 2.45) is 0 Å². The van der Waals surface area contributed by atoms with Crippen LogP contribution in [0.5, 0.6) is 0 Å². The minimum absolute atomic E-state index is 0.110. The van der Waals surface area contributed by atoms with Gasteiger partial charge >= 0.3 is 0 Å². The van der Waals surface area contributed by atoms with Gasteiger partial charge in [-0.1, -0.05) is 12.1 Å². The van der Waals surface area contributed by atoms with Gasteiger partial charge in [-0.05, 0) is 67.9 Å². The maximum atomic E-state index is 13.1. The van der Waals surface area contributed by atoms with Gasteiger partial charge in [0.2, 0.25) is 0 Å². The Labute approximate surface area is 114 Å². The molecule has 0 spiro atoms. The van der Waals surface area contributed by atoms with E-state index < -0.39 is 0 Å². The van der Waals surface area contributed by atoms with Gasteiger partial charge in [-0.25, -0.2) is 4.39 Å². The fourth-order valence-electron chi connectivity index (χ4n) is 2.49. The van der Waals surface area contributed by atoms with Gasteiger partial charge < -0.3 is 5.32 Å². The highest BCUT2D eigenvalue weighted by molar-refractivity contribution is 7.98. The van der Waals surface area contributed by atoms with E-state index in [2.05, 4.69) is 11.6 Å². The molecule has 1 aromatic carbocycles. The van der Waals surface area contributed by atoms with Gasteiger partial charge in [0.05, 0.1) is 0 Å². The molecule has 1 nitrogen and oxygen atoms in total. The Morgan fingerprint density at radius 3 is 2.89 bits per heavy atom. The van der Waals surface area contributed by atoms with Crippen LogP contribution in [-0.2, 0) is 0 Å². The van der Waals surface area contributed by atoms with E-state index in [4.69, 9.17) is 0 Å². The SMILES string of the molecule is CSCCCCNC1CC(c2cccc(F)c2)C1. The van der Waals surface area contributed by atoms with Crippen LogP contribution in [-0.4, -0.2) is 24.6 Å². The Balaban J connectivity index is 1.62. The molecule has 0 amide bonds. The number of hydrogen-bond acceptors (Lipinski definition) is 2. The Kier molecular flexibility index (Phi) is 5.51. The number of rotatable bonds is 7. The predicted octanol–water partition coefficient (Wildman–Crippen LogP) is 3.80. The number of thioether (sulfide) groups is 1. The van der Waals surface area contributed by atoms with E-state index in [1.54, 1.807) is 6.07 Å².